The van der Waals surface area contributed by atoms with Gasteiger partial charge in [-0.05, 0) is 19.8 Å². The lowest BCUT2D eigenvalue weighted by atomic mass is 9.95. The van der Waals surface area contributed by atoms with Gasteiger partial charge in [-0.1, -0.05) is 19.3 Å². The molecule has 4 heteroatoms. The second-order valence-electron chi connectivity index (χ2n) is 4.33. The number of carbonyl (C=O) groups is 1. The molecule has 0 saturated heterocycles. The summed E-state index contributed by atoms with van der Waals surface area (Å²) < 4.78 is 0. The zero-order valence-corrected chi connectivity index (χ0v) is 9.57. The third-order valence-electron chi connectivity index (χ3n) is 3.10. The maximum absolute atomic E-state index is 11.9. The predicted molar refractivity (Wildman–Crippen MR) is 61.1 cm³/mol. The Balaban J connectivity index is 2.00. The molecule has 2 rings (SSSR count). The van der Waals surface area contributed by atoms with Gasteiger partial charge in [0.2, 0.25) is 0 Å². The Bertz CT molecular complexity index is 372. The van der Waals surface area contributed by atoms with Crippen LogP contribution in [0.5, 0.6) is 0 Å². The van der Waals surface area contributed by atoms with E-state index in [0.29, 0.717) is 11.6 Å². The first-order valence-electron chi connectivity index (χ1n) is 5.85. The van der Waals surface area contributed by atoms with E-state index in [9.17, 15) is 4.79 Å². The largest absolute Gasteiger partial charge is 0.349 e. The summed E-state index contributed by atoms with van der Waals surface area (Å²) in [6.45, 7) is 1.83. The second-order valence-corrected chi connectivity index (χ2v) is 4.33. The summed E-state index contributed by atoms with van der Waals surface area (Å²) in [6.07, 6.45) is 8.97. The van der Waals surface area contributed by atoms with Crippen LogP contribution >= 0.6 is 0 Å². The van der Waals surface area contributed by atoms with Crippen molar-refractivity contribution in [3.63, 3.8) is 0 Å². The molecule has 0 bridgehead atoms. The van der Waals surface area contributed by atoms with E-state index in [0.717, 1.165) is 18.5 Å². The SMILES string of the molecule is Cc1ncncc1C(=O)NC1CCCCC1. The summed E-state index contributed by atoms with van der Waals surface area (Å²) in [5.74, 6) is -0.0370. The van der Waals surface area contributed by atoms with Crippen LogP contribution < -0.4 is 5.32 Å². The van der Waals surface area contributed by atoms with Gasteiger partial charge in [0, 0.05) is 12.2 Å². The van der Waals surface area contributed by atoms with E-state index >= 15 is 0 Å². The molecule has 1 aromatic rings. The van der Waals surface area contributed by atoms with Gasteiger partial charge in [0.25, 0.3) is 5.91 Å². The summed E-state index contributed by atoms with van der Waals surface area (Å²) in [6, 6.07) is 0.334. The Hall–Kier alpha value is -1.45. The Labute approximate surface area is 95.5 Å². The lowest BCUT2D eigenvalue weighted by Gasteiger charge is -2.22. The molecule has 0 aliphatic heterocycles. The Morgan fingerprint density at radius 2 is 2.12 bits per heavy atom. The minimum absolute atomic E-state index is 0.0370. The molecule has 1 heterocycles. The second kappa shape index (κ2) is 5.05. The first kappa shape index (κ1) is 11.0. The molecule has 0 radical (unpaired) electrons. The number of nitrogens with one attached hydrogen (secondary N) is 1. The molecule has 0 atom stereocenters. The van der Waals surface area contributed by atoms with E-state index < -0.39 is 0 Å². The van der Waals surface area contributed by atoms with Gasteiger partial charge in [0.05, 0.1) is 11.3 Å². The average Bonchev–Trinajstić information content (AvgIpc) is 2.31. The number of nitrogens with zero attached hydrogens (tertiary/aromatic N) is 2. The van der Waals surface area contributed by atoms with Crippen LogP contribution in [0.3, 0.4) is 0 Å². The quantitative estimate of drug-likeness (QED) is 0.825. The van der Waals surface area contributed by atoms with E-state index in [4.69, 9.17) is 0 Å². The van der Waals surface area contributed by atoms with Gasteiger partial charge in [-0.3, -0.25) is 4.79 Å². The Kier molecular flexibility index (Phi) is 3.49. The molecular formula is C12H17N3O. The molecule has 86 valence electrons. The Morgan fingerprint density at radius 1 is 1.38 bits per heavy atom. The van der Waals surface area contributed by atoms with Crippen molar-refractivity contribution in [1.29, 1.82) is 0 Å². The molecule has 1 amide bonds. The number of hydrogen-bond donors (Lipinski definition) is 1. The lowest BCUT2D eigenvalue weighted by Crippen LogP contribution is -2.36. The lowest BCUT2D eigenvalue weighted by molar-refractivity contribution is 0.0926. The van der Waals surface area contributed by atoms with Crippen LogP contribution in [-0.4, -0.2) is 21.9 Å². The molecule has 1 aromatic heterocycles. The van der Waals surface area contributed by atoms with E-state index in [1.54, 1.807) is 6.20 Å². The summed E-state index contributed by atoms with van der Waals surface area (Å²) in [4.78, 5) is 19.9. The van der Waals surface area contributed by atoms with Crippen LogP contribution in [0.4, 0.5) is 0 Å². The minimum Gasteiger partial charge on any atom is -0.349 e. The van der Waals surface area contributed by atoms with Crippen LogP contribution in [0, 0.1) is 6.92 Å². The van der Waals surface area contributed by atoms with Crippen molar-refractivity contribution >= 4 is 5.91 Å². The average molecular weight is 219 g/mol. The molecule has 1 saturated carbocycles. The van der Waals surface area contributed by atoms with E-state index in [-0.39, 0.29) is 5.91 Å². The highest BCUT2D eigenvalue weighted by Crippen LogP contribution is 2.17. The molecule has 1 fully saturated rings. The van der Waals surface area contributed by atoms with Crippen LogP contribution in [0.2, 0.25) is 0 Å². The van der Waals surface area contributed by atoms with Crippen molar-refractivity contribution in [2.24, 2.45) is 0 Å². The first-order valence-corrected chi connectivity index (χ1v) is 5.85. The molecule has 0 spiro atoms. The molecule has 1 N–H and O–H groups in total. The molecule has 1 aliphatic rings. The van der Waals surface area contributed by atoms with Crippen molar-refractivity contribution in [3.8, 4) is 0 Å². The number of aromatic nitrogens is 2. The van der Waals surface area contributed by atoms with Gasteiger partial charge >= 0.3 is 0 Å². The zero-order chi connectivity index (χ0) is 11.4. The zero-order valence-electron chi connectivity index (χ0n) is 9.57. The van der Waals surface area contributed by atoms with Gasteiger partial charge in [0.15, 0.2) is 0 Å². The van der Waals surface area contributed by atoms with Crippen molar-refractivity contribution in [2.75, 3.05) is 0 Å². The summed E-state index contributed by atoms with van der Waals surface area (Å²) in [7, 11) is 0. The predicted octanol–water partition coefficient (Wildman–Crippen LogP) is 1.85. The monoisotopic (exact) mass is 219 g/mol. The Morgan fingerprint density at radius 3 is 2.81 bits per heavy atom. The van der Waals surface area contributed by atoms with Crippen molar-refractivity contribution in [3.05, 3.63) is 23.8 Å². The van der Waals surface area contributed by atoms with E-state index in [1.807, 2.05) is 6.92 Å². The molecule has 0 unspecified atom stereocenters. The number of aryl methyl sites for hydroxylation is 1. The first-order chi connectivity index (χ1) is 7.77. The van der Waals surface area contributed by atoms with Crippen LogP contribution in [0.1, 0.15) is 48.2 Å². The number of rotatable bonds is 2. The highest BCUT2D eigenvalue weighted by atomic mass is 16.1. The third kappa shape index (κ3) is 2.56. The van der Waals surface area contributed by atoms with Crippen molar-refractivity contribution in [1.82, 2.24) is 15.3 Å². The fourth-order valence-corrected chi connectivity index (χ4v) is 2.12. The van der Waals surface area contributed by atoms with Crippen LogP contribution in [0.15, 0.2) is 12.5 Å². The molecule has 1 aliphatic carbocycles. The highest BCUT2D eigenvalue weighted by molar-refractivity contribution is 5.95. The fourth-order valence-electron chi connectivity index (χ4n) is 2.12. The standard InChI is InChI=1S/C12H17N3O/c1-9-11(7-13-8-14-9)12(16)15-10-5-3-2-4-6-10/h7-8,10H,2-6H2,1H3,(H,15,16). The molecule has 4 nitrogen and oxygen atoms in total. The van der Waals surface area contributed by atoms with Gasteiger partial charge in [0.1, 0.15) is 6.33 Å². The normalized spacial score (nSPS) is 17.1. The van der Waals surface area contributed by atoms with Crippen LogP contribution in [0.25, 0.3) is 0 Å². The van der Waals surface area contributed by atoms with Gasteiger partial charge in [-0.2, -0.15) is 0 Å². The maximum atomic E-state index is 11.9. The topological polar surface area (TPSA) is 54.9 Å². The van der Waals surface area contributed by atoms with Gasteiger partial charge in [-0.25, -0.2) is 9.97 Å². The van der Waals surface area contributed by atoms with Crippen LogP contribution in [-0.2, 0) is 0 Å². The fraction of sp³-hybridized carbons (Fsp3) is 0.583. The third-order valence-corrected chi connectivity index (χ3v) is 3.10. The summed E-state index contributed by atoms with van der Waals surface area (Å²) in [5, 5.41) is 3.06. The minimum atomic E-state index is -0.0370. The molecular weight excluding hydrogens is 202 g/mol. The molecule has 16 heavy (non-hydrogen) atoms. The van der Waals surface area contributed by atoms with E-state index in [2.05, 4.69) is 15.3 Å². The maximum Gasteiger partial charge on any atom is 0.254 e. The summed E-state index contributed by atoms with van der Waals surface area (Å²) in [5.41, 5.74) is 1.33. The number of hydrogen-bond acceptors (Lipinski definition) is 3. The van der Waals surface area contributed by atoms with Gasteiger partial charge < -0.3 is 5.32 Å². The number of carbonyl (C=O) groups excluding carboxylic acids is 1. The highest BCUT2D eigenvalue weighted by Gasteiger charge is 2.17. The smallest absolute Gasteiger partial charge is 0.254 e. The van der Waals surface area contributed by atoms with Crippen molar-refractivity contribution in [2.45, 2.75) is 45.1 Å². The van der Waals surface area contributed by atoms with E-state index in [1.165, 1.54) is 25.6 Å². The van der Waals surface area contributed by atoms with Crippen molar-refractivity contribution < 1.29 is 4.79 Å². The molecule has 0 aromatic carbocycles. The number of amides is 1. The van der Waals surface area contributed by atoms with Gasteiger partial charge in [-0.15, -0.1) is 0 Å². The summed E-state index contributed by atoms with van der Waals surface area (Å²) >= 11 is 0.